The number of hydrogen-bond acceptors (Lipinski definition) is 4. The maximum atomic E-state index is 11.5. The van der Waals surface area contributed by atoms with Gasteiger partial charge in [0.2, 0.25) is 5.91 Å². The van der Waals surface area contributed by atoms with Crippen LogP contribution in [0.2, 0.25) is 0 Å². The van der Waals surface area contributed by atoms with Crippen molar-refractivity contribution >= 4 is 23.2 Å². The second-order valence-corrected chi connectivity index (χ2v) is 6.78. The zero-order chi connectivity index (χ0) is 15.9. The predicted octanol–water partition coefficient (Wildman–Crippen LogP) is 0.994. The van der Waals surface area contributed by atoms with Crippen molar-refractivity contribution in [3.05, 3.63) is 15.6 Å². The first-order valence-corrected chi connectivity index (χ1v) is 8.57. The van der Waals surface area contributed by atoms with Gasteiger partial charge < -0.3 is 16.0 Å². The molecule has 0 unspecified atom stereocenters. The van der Waals surface area contributed by atoms with Crippen LogP contribution >= 0.6 is 11.3 Å². The Morgan fingerprint density at radius 2 is 1.91 bits per heavy atom. The molecule has 7 heteroatoms. The van der Waals surface area contributed by atoms with E-state index < -0.39 is 0 Å². The number of guanidine groups is 1. The number of rotatable bonds is 7. The highest BCUT2D eigenvalue weighted by molar-refractivity contribution is 7.11. The SMILES string of the molecule is CN=C(NCCNC(=O)C1CC1)NCCc1nc(C)c(C)s1. The fourth-order valence-corrected chi connectivity index (χ4v) is 2.94. The summed E-state index contributed by atoms with van der Waals surface area (Å²) in [6.07, 6.45) is 2.97. The molecule has 1 fully saturated rings. The van der Waals surface area contributed by atoms with E-state index in [2.05, 4.69) is 32.9 Å². The molecule has 1 aromatic rings. The highest BCUT2D eigenvalue weighted by atomic mass is 32.1. The maximum absolute atomic E-state index is 11.5. The molecule has 1 aliphatic carbocycles. The zero-order valence-corrected chi connectivity index (χ0v) is 14.3. The van der Waals surface area contributed by atoms with Crippen LogP contribution in [0.3, 0.4) is 0 Å². The van der Waals surface area contributed by atoms with Crippen LogP contribution in [0.15, 0.2) is 4.99 Å². The van der Waals surface area contributed by atoms with Gasteiger partial charge in [0.25, 0.3) is 0 Å². The van der Waals surface area contributed by atoms with Gasteiger partial charge in [-0.3, -0.25) is 9.79 Å². The lowest BCUT2D eigenvalue weighted by Crippen LogP contribution is -2.42. The lowest BCUT2D eigenvalue weighted by Gasteiger charge is -2.11. The number of hydrogen-bond donors (Lipinski definition) is 3. The van der Waals surface area contributed by atoms with Crippen LogP contribution in [0.1, 0.15) is 28.4 Å². The van der Waals surface area contributed by atoms with Gasteiger partial charge in [0.15, 0.2) is 5.96 Å². The molecule has 2 rings (SSSR count). The first-order chi connectivity index (χ1) is 10.6. The second-order valence-electron chi connectivity index (χ2n) is 5.49. The van der Waals surface area contributed by atoms with Gasteiger partial charge in [0.05, 0.1) is 10.7 Å². The van der Waals surface area contributed by atoms with Gasteiger partial charge in [-0.1, -0.05) is 0 Å². The van der Waals surface area contributed by atoms with E-state index in [9.17, 15) is 4.79 Å². The molecule has 1 heterocycles. The minimum Gasteiger partial charge on any atom is -0.356 e. The average Bonchev–Trinajstić information content (AvgIpc) is 3.29. The van der Waals surface area contributed by atoms with Crippen molar-refractivity contribution in [3.8, 4) is 0 Å². The topological polar surface area (TPSA) is 78.4 Å². The Morgan fingerprint density at radius 1 is 1.23 bits per heavy atom. The Labute approximate surface area is 135 Å². The first kappa shape index (κ1) is 16.7. The molecule has 3 N–H and O–H groups in total. The predicted molar refractivity (Wildman–Crippen MR) is 90.4 cm³/mol. The zero-order valence-electron chi connectivity index (χ0n) is 13.5. The molecule has 1 aliphatic rings. The summed E-state index contributed by atoms with van der Waals surface area (Å²) < 4.78 is 0. The number of aliphatic imine (C=N–C) groups is 1. The molecule has 1 aromatic heterocycles. The van der Waals surface area contributed by atoms with Crippen molar-refractivity contribution in [2.24, 2.45) is 10.9 Å². The normalized spacial score (nSPS) is 14.8. The molecule has 0 aliphatic heterocycles. The van der Waals surface area contributed by atoms with Gasteiger partial charge in [-0.2, -0.15) is 0 Å². The van der Waals surface area contributed by atoms with Crippen molar-refractivity contribution in [3.63, 3.8) is 0 Å². The van der Waals surface area contributed by atoms with E-state index in [0.717, 1.165) is 42.5 Å². The van der Waals surface area contributed by atoms with Crippen molar-refractivity contribution in [1.29, 1.82) is 0 Å². The van der Waals surface area contributed by atoms with Crippen molar-refractivity contribution in [1.82, 2.24) is 20.9 Å². The summed E-state index contributed by atoms with van der Waals surface area (Å²) in [7, 11) is 1.75. The summed E-state index contributed by atoms with van der Waals surface area (Å²) in [5.41, 5.74) is 1.12. The summed E-state index contributed by atoms with van der Waals surface area (Å²) in [4.78, 5) is 21.5. The standard InChI is InChI=1S/C15H25N5OS/c1-10-11(2)22-13(20-10)6-7-18-15(16-3)19-9-8-17-14(21)12-4-5-12/h12H,4-9H2,1-3H3,(H,17,21)(H2,16,18,19). The van der Waals surface area contributed by atoms with Crippen LogP contribution in [-0.2, 0) is 11.2 Å². The molecule has 22 heavy (non-hydrogen) atoms. The summed E-state index contributed by atoms with van der Waals surface area (Å²) in [6, 6.07) is 0. The number of nitrogens with zero attached hydrogens (tertiary/aromatic N) is 2. The molecule has 0 bridgehead atoms. The highest BCUT2D eigenvalue weighted by Gasteiger charge is 2.28. The van der Waals surface area contributed by atoms with E-state index in [4.69, 9.17) is 0 Å². The van der Waals surface area contributed by atoms with E-state index in [1.165, 1.54) is 4.88 Å². The fourth-order valence-electron chi connectivity index (χ4n) is 2.01. The number of thiazole rings is 1. The minimum atomic E-state index is 0.180. The molecule has 6 nitrogen and oxygen atoms in total. The molecule has 0 spiro atoms. The smallest absolute Gasteiger partial charge is 0.223 e. The number of carbonyl (C=O) groups excluding carboxylic acids is 1. The number of nitrogens with one attached hydrogen (secondary N) is 3. The second kappa shape index (κ2) is 8.12. The monoisotopic (exact) mass is 323 g/mol. The van der Waals surface area contributed by atoms with Gasteiger partial charge in [-0.15, -0.1) is 11.3 Å². The Hall–Kier alpha value is -1.63. The van der Waals surface area contributed by atoms with E-state index in [-0.39, 0.29) is 11.8 Å². The third kappa shape index (κ3) is 5.29. The van der Waals surface area contributed by atoms with Gasteiger partial charge in [0, 0.05) is 43.9 Å². The minimum absolute atomic E-state index is 0.180. The first-order valence-electron chi connectivity index (χ1n) is 7.75. The van der Waals surface area contributed by atoms with Crippen LogP contribution in [-0.4, -0.2) is 43.5 Å². The van der Waals surface area contributed by atoms with Crippen LogP contribution in [0.4, 0.5) is 0 Å². The van der Waals surface area contributed by atoms with Crippen molar-refractivity contribution in [2.75, 3.05) is 26.7 Å². The van der Waals surface area contributed by atoms with Crippen molar-refractivity contribution in [2.45, 2.75) is 33.1 Å². The van der Waals surface area contributed by atoms with Crippen LogP contribution in [0, 0.1) is 19.8 Å². The third-order valence-electron chi connectivity index (χ3n) is 3.59. The highest BCUT2D eigenvalue weighted by Crippen LogP contribution is 2.28. The molecule has 0 aromatic carbocycles. The molecule has 122 valence electrons. The molecule has 1 amide bonds. The van der Waals surface area contributed by atoms with Gasteiger partial charge in [-0.25, -0.2) is 4.98 Å². The lowest BCUT2D eigenvalue weighted by atomic mass is 10.4. The number of aryl methyl sites for hydroxylation is 2. The van der Waals surface area contributed by atoms with Gasteiger partial charge >= 0.3 is 0 Å². The Balaban J connectivity index is 1.59. The molecule has 0 radical (unpaired) electrons. The van der Waals surface area contributed by atoms with Crippen LogP contribution in [0.25, 0.3) is 0 Å². The third-order valence-corrected chi connectivity index (χ3v) is 4.73. The Morgan fingerprint density at radius 3 is 2.50 bits per heavy atom. The van der Waals surface area contributed by atoms with E-state index in [1.807, 2.05) is 6.92 Å². The Bertz CT molecular complexity index is 517. The van der Waals surface area contributed by atoms with Gasteiger partial charge in [-0.05, 0) is 26.7 Å². The number of aromatic nitrogens is 1. The lowest BCUT2D eigenvalue weighted by molar-refractivity contribution is -0.122. The van der Waals surface area contributed by atoms with E-state index >= 15 is 0 Å². The Kier molecular flexibility index (Phi) is 6.18. The van der Waals surface area contributed by atoms with Crippen LogP contribution < -0.4 is 16.0 Å². The molecule has 0 atom stereocenters. The van der Waals surface area contributed by atoms with E-state index in [0.29, 0.717) is 13.1 Å². The van der Waals surface area contributed by atoms with Crippen molar-refractivity contribution < 1.29 is 4.79 Å². The summed E-state index contributed by atoms with van der Waals surface area (Å²) in [6.45, 7) is 6.23. The average molecular weight is 323 g/mol. The molecular weight excluding hydrogens is 298 g/mol. The quantitative estimate of drug-likeness (QED) is 0.397. The van der Waals surface area contributed by atoms with Crippen LogP contribution in [0.5, 0.6) is 0 Å². The van der Waals surface area contributed by atoms with Gasteiger partial charge in [0.1, 0.15) is 0 Å². The number of amides is 1. The summed E-state index contributed by atoms with van der Waals surface area (Å²) in [5, 5.41) is 10.5. The molecule has 0 saturated heterocycles. The fraction of sp³-hybridized carbons (Fsp3) is 0.667. The molecule has 1 saturated carbocycles. The largest absolute Gasteiger partial charge is 0.356 e. The van der Waals surface area contributed by atoms with E-state index in [1.54, 1.807) is 18.4 Å². The molecular formula is C15H25N5OS. The summed E-state index contributed by atoms with van der Waals surface area (Å²) in [5.74, 6) is 1.20. The maximum Gasteiger partial charge on any atom is 0.223 e. The number of carbonyl (C=O) groups is 1. The summed E-state index contributed by atoms with van der Waals surface area (Å²) >= 11 is 1.75.